The van der Waals surface area contributed by atoms with Crippen molar-refractivity contribution >= 4 is 6.79 Å². The lowest BCUT2D eigenvalue weighted by molar-refractivity contribution is -0.0979. The molecule has 1 saturated heterocycles. The van der Waals surface area contributed by atoms with Crippen molar-refractivity contribution in [2.24, 2.45) is 0 Å². The van der Waals surface area contributed by atoms with E-state index in [1.165, 1.54) is 0 Å². The van der Waals surface area contributed by atoms with E-state index in [2.05, 4.69) is 12.2 Å². The molecular weight excluding hydrogens is 118 g/mol. The lowest BCUT2D eigenvalue weighted by Gasteiger charge is -2.18. The highest BCUT2D eigenvalue weighted by Crippen LogP contribution is 1.91. The SMILES string of the molecule is C=O.C[C@@H]1CNCCO1. The molecule has 1 rings (SSSR count). The molecule has 3 nitrogen and oxygen atoms in total. The zero-order valence-corrected chi connectivity index (χ0v) is 5.72. The molecule has 0 bridgehead atoms. The van der Waals surface area contributed by atoms with Crippen LogP contribution < -0.4 is 5.32 Å². The summed E-state index contributed by atoms with van der Waals surface area (Å²) in [6.45, 7) is 6.98. The van der Waals surface area contributed by atoms with Gasteiger partial charge in [0.2, 0.25) is 0 Å². The first-order valence-electron chi connectivity index (χ1n) is 3.01. The number of carbonyl (C=O) groups is 1. The third kappa shape index (κ3) is 4.12. The van der Waals surface area contributed by atoms with Crippen molar-refractivity contribution in [3.05, 3.63) is 0 Å². The number of carbonyl (C=O) groups excluding carboxylic acids is 1. The molecule has 1 fully saturated rings. The summed E-state index contributed by atoms with van der Waals surface area (Å²) in [5.74, 6) is 0. The standard InChI is InChI=1S/C5H11NO.CH2O/c1-5-4-6-2-3-7-5;1-2/h5-6H,2-4H2,1H3;1H2/t5-;/m1./s1. The summed E-state index contributed by atoms with van der Waals surface area (Å²) < 4.78 is 5.22. The van der Waals surface area contributed by atoms with Gasteiger partial charge in [0, 0.05) is 13.1 Å². The molecule has 1 heterocycles. The maximum absolute atomic E-state index is 8.00. The largest absolute Gasteiger partial charge is 0.376 e. The zero-order chi connectivity index (χ0) is 7.11. The number of hydrogen-bond donors (Lipinski definition) is 1. The second kappa shape index (κ2) is 5.72. The highest BCUT2D eigenvalue weighted by Gasteiger charge is 2.04. The summed E-state index contributed by atoms with van der Waals surface area (Å²) in [4.78, 5) is 8.00. The van der Waals surface area contributed by atoms with Gasteiger partial charge < -0.3 is 14.8 Å². The smallest absolute Gasteiger partial charge is 0.106 e. The molecule has 1 aliphatic rings. The second-order valence-corrected chi connectivity index (χ2v) is 1.89. The molecule has 1 aliphatic heterocycles. The van der Waals surface area contributed by atoms with Gasteiger partial charge >= 0.3 is 0 Å². The molecule has 54 valence electrons. The van der Waals surface area contributed by atoms with E-state index in [1.54, 1.807) is 0 Å². The van der Waals surface area contributed by atoms with Crippen molar-refractivity contribution < 1.29 is 9.53 Å². The van der Waals surface area contributed by atoms with Gasteiger partial charge in [-0.2, -0.15) is 0 Å². The maximum Gasteiger partial charge on any atom is 0.106 e. The van der Waals surface area contributed by atoms with Crippen molar-refractivity contribution in [3.63, 3.8) is 0 Å². The van der Waals surface area contributed by atoms with Crippen LogP contribution in [0.1, 0.15) is 6.92 Å². The monoisotopic (exact) mass is 131 g/mol. The van der Waals surface area contributed by atoms with Crippen LogP contribution in [0.15, 0.2) is 0 Å². The topological polar surface area (TPSA) is 38.3 Å². The third-order valence-electron chi connectivity index (χ3n) is 1.11. The van der Waals surface area contributed by atoms with Crippen LogP contribution in [0.4, 0.5) is 0 Å². The Kier molecular flexibility index (Phi) is 5.46. The van der Waals surface area contributed by atoms with E-state index in [1.807, 2.05) is 6.79 Å². The predicted molar refractivity (Wildman–Crippen MR) is 35.4 cm³/mol. The Balaban J connectivity index is 0.000000291. The first-order valence-corrected chi connectivity index (χ1v) is 3.01. The van der Waals surface area contributed by atoms with Gasteiger partial charge in [0.25, 0.3) is 0 Å². The Labute approximate surface area is 55.4 Å². The number of hydrogen-bond acceptors (Lipinski definition) is 3. The molecule has 0 radical (unpaired) electrons. The molecule has 0 aliphatic carbocycles. The molecule has 1 atom stereocenters. The van der Waals surface area contributed by atoms with Gasteiger partial charge in [-0.05, 0) is 6.92 Å². The minimum absolute atomic E-state index is 0.425. The molecule has 0 saturated carbocycles. The third-order valence-corrected chi connectivity index (χ3v) is 1.11. The fourth-order valence-corrected chi connectivity index (χ4v) is 0.697. The average molecular weight is 131 g/mol. The number of morpholine rings is 1. The van der Waals surface area contributed by atoms with Gasteiger partial charge in [-0.25, -0.2) is 0 Å². The van der Waals surface area contributed by atoms with E-state index in [-0.39, 0.29) is 0 Å². The quantitative estimate of drug-likeness (QED) is 0.495. The van der Waals surface area contributed by atoms with Gasteiger partial charge in [-0.15, -0.1) is 0 Å². The van der Waals surface area contributed by atoms with Crippen LogP contribution >= 0.6 is 0 Å². The van der Waals surface area contributed by atoms with Crippen LogP contribution in [-0.2, 0) is 9.53 Å². The normalized spacial score (nSPS) is 26.1. The van der Waals surface area contributed by atoms with E-state index in [4.69, 9.17) is 9.53 Å². The van der Waals surface area contributed by atoms with Gasteiger partial charge in [-0.1, -0.05) is 0 Å². The molecule has 9 heavy (non-hydrogen) atoms. The molecule has 0 unspecified atom stereocenters. The van der Waals surface area contributed by atoms with E-state index in [0.717, 1.165) is 19.7 Å². The molecule has 0 amide bonds. The van der Waals surface area contributed by atoms with E-state index in [0.29, 0.717) is 6.10 Å². The number of ether oxygens (including phenoxy) is 1. The summed E-state index contributed by atoms with van der Waals surface area (Å²) in [6, 6.07) is 0. The Morgan fingerprint density at radius 2 is 2.33 bits per heavy atom. The first kappa shape index (κ1) is 8.59. The summed E-state index contributed by atoms with van der Waals surface area (Å²) in [6.07, 6.45) is 0.425. The Bertz CT molecular complexity index is 62.1. The van der Waals surface area contributed by atoms with Crippen molar-refractivity contribution in [2.45, 2.75) is 13.0 Å². The number of nitrogens with one attached hydrogen (secondary N) is 1. The van der Waals surface area contributed by atoms with Crippen molar-refractivity contribution in [1.29, 1.82) is 0 Å². The molecular formula is C6H13NO2. The minimum Gasteiger partial charge on any atom is -0.376 e. The van der Waals surface area contributed by atoms with Gasteiger partial charge in [0.1, 0.15) is 6.79 Å². The van der Waals surface area contributed by atoms with Crippen molar-refractivity contribution in [3.8, 4) is 0 Å². The van der Waals surface area contributed by atoms with Crippen molar-refractivity contribution in [1.82, 2.24) is 5.32 Å². The van der Waals surface area contributed by atoms with Gasteiger partial charge in [0.05, 0.1) is 12.7 Å². The fourth-order valence-electron chi connectivity index (χ4n) is 0.697. The van der Waals surface area contributed by atoms with Crippen LogP contribution in [0.25, 0.3) is 0 Å². The minimum atomic E-state index is 0.425. The predicted octanol–water partition coefficient (Wildman–Crippen LogP) is -0.190. The van der Waals surface area contributed by atoms with Gasteiger partial charge in [-0.3, -0.25) is 0 Å². The van der Waals surface area contributed by atoms with Crippen LogP contribution in [0, 0.1) is 0 Å². The Morgan fingerprint density at radius 1 is 1.67 bits per heavy atom. The summed E-state index contributed by atoms with van der Waals surface area (Å²) >= 11 is 0. The van der Waals surface area contributed by atoms with Crippen LogP contribution in [0.3, 0.4) is 0 Å². The zero-order valence-electron chi connectivity index (χ0n) is 5.72. The van der Waals surface area contributed by atoms with Crippen molar-refractivity contribution in [2.75, 3.05) is 19.7 Å². The summed E-state index contributed by atoms with van der Waals surface area (Å²) in [5.41, 5.74) is 0. The van der Waals surface area contributed by atoms with E-state index >= 15 is 0 Å². The average Bonchev–Trinajstić information content (AvgIpc) is 1.94. The second-order valence-electron chi connectivity index (χ2n) is 1.89. The highest BCUT2D eigenvalue weighted by atomic mass is 16.5. The Hall–Kier alpha value is -0.410. The lowest BCUT2D eigenvalue weighted by atomic mass is 10.3. The van der Waals surface area contributed by atoms with E-state index in [9.17, 15) is 0 Å². The maximum atomic E-state index is 8.00. The number of rotatable bonds is 0. The molecule has 3 heteroatoms. The Morgan fingerprint density at radius 3 is 2.56 bits per heavy atom. The first-order chi connectivity index (χ1) is 4.39. The molecule has 0 aromatic heterocycles. The van der Waals surface area contributed by atoms with Crippen LogP contribution in [0.2, 0.25) is 0 Å². The van der Waals surface area contributed by atoms with Crippen LogP contribution in [-0.4, -0.2) is 32.6 Å². The highest BCUT2D eigenvalue weighted by molar-refractivity contribution is 5.10. The molecule has 0 aromatic rings. The van der Waals surface area contributed by atoms with Crippen LogP contribution in [0.5, 0.6) is 0 Å². The summed E-state index contributed by atoms with van der Waals surface area (Å²) in [7, 11) is 0. The molecule has 1 N–H and O–H groups in total. The van der Waals surface area contributed by atoms with E-state index < -0.39 is 0 Å². The summed E-state index contributed by atoms with van der Waals surface area (Å²) in [5, 5.41) is 3.21. The molecule has 0 aromatic carbocycles. The lowest BCUT2D eigenvalue weighted by Crippen LogP contribution is -2.36. The fraction of sp³-hybridized carbons (Fsp3) is 0.833. The van der Waals surface area contributed by atoms with Gasteiger partial charge in [0.15, 0.2) is 0 Å². The molecule has 0 spiro atoms.